The number of nitrogens with zero attached hydrogens (tertiary/aromatic N) is 3. The summed E-state index contributed by atoms with van der Waals surface area (Å²) in [4.78, 5) is 0. The lowest BCUT2D eigenvalue weighted by Gasteiger charge is -2.15. The number of nitriles is 1. The molecule has 1 heterocycles. The Hall–Kier alpha value is -1.70. The maximum absolute atomic E-state index is 8.84. The molecule has 3 N–H and O–H groups in total. The third-order valence-corrected chi connectivity index (χ3v) is 1.97. The fourth-order valence-corrected chi connectivity index (χ4v) is 1.32. The molecule has 0 atom stereocenters. The maximum Gasteiger partial charge on any atom is 0.187 e. The predicted octanol–water partition coefficient (Wildman–Crippen LogP) is 1.74. The smallest absolute Gasteiger partial charge is 0.187 e. The summed E-state index contributed by atoms with van der Waals surface area (Å²) < 4.78 is 1.74. The van der Waals surface area contributed by atoms with Crippen LogP contribution in [0.2, 0.25) is 0 Å². The molecule has 0 fully saturated rings. The van der Waals surface area contributed by atoms with E-state index in [0.717, 1.165) is 5.82 Å². The molecule has 0 bridgehead atoms. The van der Waals surface area contributed by atoms with Crippen LogP contribution in [-0.4, -0.2) is 15.8 Å². The van der Waals surface area contributed by atoms with Gasteiger partial charge in [0.2, 0.25) is 0 Å². The Labute approximate surface area is 89.9 Å². The third kappa shape index (κ3) is 2.21. The maximum atomic E-state index is 8.84. The van der Waals surface area contributed by atoms with Gasteiger partial charge in [-0.3, -0.25) is 0 Å². The normalized spacial score (nSPS) is 10.7. The molecule has 0 aliphatic rings. The fraction of sp³-hybridized carbons (Fsp3) is 0.600. The monoisotopic (exact) mass is 207 g/mol. The van der Waals surface area contributed by atoms with E-state index in [1.54, 1.807) is 4.68 Å². The van der Waals surface area contributed by atoms with Crippen LogP contribution in [0.15, 0.2) is 0 Å². The van der Waals surface area contributed by atoms with Crippen LogP contribution in [0.25, 0.3) is 0 Å². The minimum Gasteiger partial charge on any atom is -0.393 e. The number of anilines is 2. The van der Waals surface area contributed by atoms with Crippen molar-refractivity contribution in [1.29, 1.82) is 5.26 Å². The summed E-state index contributed by atoms with van der Waals surface area (Å²) in [5.74, 6) is 0.733. The van der Waals surface area contributed by atoms with E-state index in [1.807, 2.05) is 33.8 Å². The van der Waals surface area contributed by atoms with Crippen LogP contribution in [0.5, 0.6) is 0 Å². The Bertz CT molecular complexity index is 383. The van der Waals surface area contributed by atoms with Gasteiger partial charge in [0.25, 0.3) is 0 Å². The zero-order valence-corrected chi connectivity index (χ0v) is 9.57. The fourth-order valence-electron chi connectivity index (χ4n) is 1.32. The van der Waals surface area contributed by atoms with Gasteiger partial charge in [-0.2, -0.15) is 10.4 Å². The lowest BCUT2D eigenvalue weighted by Crippen LogP contribution is -2.16. The number of hydrogen-bond acceptors (Lipinski definition) is 4. The minimum absolute atomic E-state index is 0.177. The summed E-state index contributed by atoms with van der Waals surface area (Å²) in [5.41, 5.74) is 6.55. The molecule has 1 aromatic heterocycles. The summed E-state index contributed by atoms with van der Waals surface area (Å²) in [6.07, 6.45) is 0. The van der Waals surface area contributed by atoms with Gasteiger partial charge in [0.15, 0.2) is 5.69 Å². The second kappa shape index (κ2) is 4.22. The van der Waals surface area contributed by atoms with Gasteiger partial charge in [0.1, 0.15) is 17.6 Å². The molecule has 0 aromatic carbocycles. The van der Waals surface area contributed by atoms with Gasteiger partial charge in [-0.1, -0.05) is 0 Å². The van der Waals surface area contributed by atoms with Gasteiger partial charge < -0.3 is 11.1 Å². The van der Waals surface area contributed by atoms with Gasteiger partial charge in [0.05, 0.1) is 0 Å². The second-order valence-electron chi connectivity index (χ2n) is 4.06. The second-order valence-corrected chi connectivity index (χ2v) is 4.06. The molecule has 5 heteroatoms. The predicted molar refractivity (Wildman–Crippen MR) is 60.5 cm³/mol. The molecule has 0 saturated heterocycles. The first-order chi connectivity index (χ1) is 6.97. The molecular formula is C10H17N5. The highest BCUT2D eigenvalue weighted by atomic mass is 15.4. The van der Waals surface area contributed by atoms with Crippen LogP contribution in [0.3, 0.4) is 0 Å². The largest absolute Gasteiger partial charge is 0.393 e. The summed E-state index contributed by atoms with van der Waals surface area (Å²) in [5, 5.41) is 16.2. The molecule has 0 spiro atoms. The lowest BCUT2D eigenvalue weighted by molar-refractivity contribution is 0.534. The first-order valence-corrected chi connectivity index (χ1v) is 5.02. The van der Waals surface area contributed by atoms with Crippen LogP contribution in [0.4, 0.5) is 11.5 Å². The van der Waals surface area contributed by atoms with E-state index in [4.69, 9.17) is 11.0 Å². The molecule has 1 aromatic rings. The summed E-state index contributed by atoms with van der Waals surface area (Å²) in [6, 6.07) is 2.42. The van der Waals surface area contributed by atoms with E-state index >= 15 is 0 Å². The van der Waals surface area contributed by atoms with Crippen LogP contribution >= 0.6 is 0 Å². The number of rotatable bonds is 3. The Morgan fingerprint density at radius 1 is 1.40 bits per heavy atom. The van der Waals surface area contributed by atoms with Gasteiger partial charge in [-0.05, 0) is 27.7 Å². The van der Waals surface area contributed by atoms with E-state index in [1.165, 1.54) is 0 Å². The van der Waals surface area contributed by atoms with Crippen molar-refractivity contribution in [3.05, 3.63) is 5.69 Å². The molecular weight excluding hydrogens is 190 g/mol. The van der Waals surface area contributed by atoms with E-state index in [2.05, 4.69) is 10.4 Å². The zero-order valence-electron chi connectivity index (χ0n) is 9.57. The Morgan fingerprint density at radius 2 is 2.00 bits per heavy atom. The number of nitrogens with one attached hydrogen (secondary N) is 1. The average molecular weight is 207 g/mol. The number of aromatic nitrogens is 2. The van der Waals surface area contributed by atoms with Gasteiger partial charge >= 0.3 is 0 Å². The van der Waals surface area contributed by atoms with Crippen molar-refractivity contribution in [2.45, 2.75) is 39.8 Å². The Kier molecular flexibility index (Phi) is 3.20. The van der Waals surface area contributed by atoms with Crippen molar-refractivity contribution in [2.24, 2.45) is 0 Å². The van der Waals surface area contributed by atoms with Crippen molar-refractivity contribution in [2.75, 3.05) is 11.1 Å². The third-order valence-electron chi connectivity index (χ3n) is 1.97. The number of nitrogen functional groups attached to an aromatic ring is 1. The van der Waals surface area contributed by atoms with Crippen LogP contribution in [-0.2, 0) is 0 Å². The highest BCUT2D eigenvalue weighted by molar-refractivity contribution is 5.68. The standard InChI is InChI=1S/C10H17N5/c1-6(2)13-10-9(12)8(5-11)14-15(10)7(3)4/h6-7,13H,12H2,1-4H3. The van der Waals surface area contributed by atoms with Crippen molar-refractivity contribution in [1.82, 2.24) is 9.78 Å². The lowest BCUT2D eigenvalue weighted by atomic mass is 10.3. The minimum atomic E-state index is 0.177. The highest BCUT2D eigenvalue weighted by Crippen LogP contribution is 2.25. The van der Waals surface area contributed by atoms with E-state index < -0.39 is 0 Å². The first-order valence-electron chi connectivity index (χ1n) is 5.02. The van der Waals surface area contributed by atoms with E-state index in [9.17, 15) is 0 Å². The number of hydrogen-bond donors (Lipinski definition) is 2. The highest BCUT2D eigenvalue weighted by Gasteiger charge is 2.17. The molecule has 0 aliphatic heterocycles. The molecule has 0 radical (unpaired) electrons. The van der Waals surface area contributed by atoms with Crippen molar-refractivity contribution in [3.63, 3.8) is 0 Å². The molecule has 0 unspecified atom stereocenters. The zero-order chi connectivity index (χ0) is 11.6. The topological polar surface area (TPSA) is 79.7 Å². The molecule has 0 aliphatic carbocycles. The average Bonchev–Trinajstić information content (AvgIpc) is 2.43. The van der Waals surface area contributed by atoms with E-state index in [0.29, 0.717) is 5.69 Å². The molecule has 0 saturated carbocycles. The van der Waals surface area contributed by atoms with Crippen molar-refractivity contribution in [3.8, 4) is 6.07 Å². The van der Waals surface area contributed by atoms with Crippen LogP contribution < -0.4 is 11.1 Å². The summed E-state index contributed by atoms with van der Waals surface area (Å²) in [7, 11) is 0. The molecule has 5 nitrogen and oxygen atoms in total. The van der Waals surface area contributed by atoms with Gasteiger partial charge in [-0.25, -0.2) is 4.68 Å². The van der Waals surface area contributed by atoms with Gasteiger partial charge in [-0.15, -0.1) is 0 Å². The molecule has 0 amide bonds. The first kappa shape index (κ1) is 11.4. The van der Waals surface area contributed by atoms with Crippen LogP contribution in [0.1, 0.15) is 39.4 Å². The van der Waals surface area contributed by atoms with E-state index in [-0.39, 0.29) is 17.8 Å². The van der Waals surface area contributed by atoms with Gasteiger partial charge in [0, 0.05) is 12.1 Å². The van der Waals surface area contributed by atoms with Crippen molar-refractivity contribution < 1.29 is 0 Å². The molecule has 82 valence electrons. The Morgan fingerprint density at radius 3 is 2.40 bits per heavy atom. The quantitative estimate of drug-likeness (QED) is 0.791. The Balaban J connectivity index is 3.21. The SMILES string of the molecule is CC(C)Nc1c(N)c(C#N)nn1C(C)C. The van der Waals surface area contributed by atoms with Crippen LogP contribution in [0, 0.1) is 11.3 Å². The summed E-state index contributed by atoms with van der Waals surface area (Å²) >= 11 is 0. The number of nitrogens with two attached hydrogens (primary N) is 1. The molecule has 15 heavy (non-hydrogen) atoms. The summed E-state index contributed by atoms with van der Waals surface area (Å²) in [6.45, 7) is 8.03. The van der Waals surface area contributed by atoms with Crippen molar-refractivity contribution >= 4 is 11.5 Å². The molecule has 1 rings (SSSR count).